The lowest BCUT2D eigenvalue weighted by molar-refractivity contribution is -0.123. The highest BCUT2D eigenvalue weighted by molar-refractivity contribution is 7.10. The quantitative estimate of drug-likeness (QED) is 0.821. The summed E-state index contributed by atoms with van der Waals surface area (Å²) in [7, 11) is 4.04. The summed E-state index contributed by atoms with van der Waals surface area (Å²) in [4.78, 5) is 15.1. The van der Waals surface area contributed by atoms with Gasteiger partial charge in [0.1, 0.15) is 0 Å². The fourth-order valence-corrected chi connectivity index (χ4v) is 2.67. The standard InChI is InChI=1S/C12H19N3OS/c1-15(2)9(10-4-3-7-17-10)8-14-11(16)12(13)5-6-12/h3-4,7,9H,5-6,8,13H2,1-2H3,(H,14,16). The van der Waals surface area contributed by atoms with E-state index in [2.05, 4.69) is 21.7 Å². The van der Waals surface area contributed by atoms with E-state index in [1.54, 1.807) is 11.3 Å². The van der Waals surface area contributed by atoms with Crippen LogP contribution in [0.15, 0.2) is 17.5 Å². The molecular weight excluding hydrogens is 234 g/mol. The molecular formula is C12H19N3OS. The molecule has 1 saturated carbocycles. The first kappa shape index (κ1) is 12.5. The Hall–Kier alpha value is -0.910. The van der Waals surface area contributed by atoms with Gasteiger partial charge in [0, 0.05) is 11.4 Å². The van der Waals surface area contributed by atoms with Gasteiger partial charge >= 0.3 is 0 Å². The number of amides is 1. The molecule has 1 aromatic rings. The van der Waals surface area contributed by atoms with E-state index in [-0.39, 0.29) is 11.9 Å². The Balaban J connectivity index is 1.93. The largest absolute Gasteiger partial charge is 0.353 e. The Morgan fingerprint density at radius 2 is 2.35 bits per heavy atom. The van der Waals surface area contributed by atoms with Crippen LogP contribution in [-0.2, 0) is 4.79 Å². The Bertz CT molecular complexity index is 384. The molecule has 1 atom stereocenters. The molecule has 1 aliphatic carbocycles. The minimum atomic E-state index is -0.577. The molecule has 0 aromatic carbocycles. The number of likely N-dealkylation sites (N-methyl/N-ethyl adjacent to an activating group) is 1. The molecule has 4 nitrogen and oxygen atoms in total. The van der Waals surface area contributed by atoms with Crippen LogP contribution >= 0.6 is 11.3 Å². The lowest BCUT2D eigenvalue weighted by Crippen LogP contribution is -2.45. The fraction of sp³-hybridized carbons (Fsp3) is 0.583. The second kappa shape index (κ2) is 4.76. The van der Waals surface area contributed by atoms with Gasteiger partial charge < -0.3 is 16.0 Å². The van der Waals surface area contributed by atoms with Gasteiger partial charge in [-0.3, -0.25) is 4.79 Å². The van der Waals surface area contributed by atoms with Crippen molar-refractivity contribution in [3.8, 4) is 0 Å². The summed E-state index contributed by atoms with van der Waals surface area (Å²) >= 11 is 1.71. The van der Waals surface area contributed by atoms with Gasteiger partial charge in [0.25, 0.3) is 0 Å². The van der Waals surface area contributed by atoms with Crippen molar-refractivity contribution in [2.75, 3.05) is 20.6 Å². The first-order valence-corrected chi connectivity index (χ1v) is 6.68. The van der Waals surface area contributed by atoms with E-state index in [0.717, 1.165) is 12.8 Å². The van der Waals surface area contributed by atoms with Crippen molar-refractivity contribution in [3.05, 3.63) is 22.4 Å². The summed E-state index contributed by atoms with van der Waals surface area (Å²) in [5.41, 5.74) is 5.27. The molecule has 1 heterocycles. The average Bonchev–Trinajstić information content (AvgIpc) is 2.81. The van der Waals surface area contributed by atoms with E-state index < -0.39 is 5.54 Å². The van der Waals surface area contributed by atoms with Gasteiger partial charge in [-0.2, -0.15) is 0 Å². The Labute approximate surface area is 106 Å². The van der Waals surface area contributed by atoms with Gasteiger partial charge in [0.05, 0.1) is 11.6 Å². The summed E-state index contributed by atoms with van der Waals surface area (Å²) in [6.45, 7) is 0.616. The highest BCUT2D eigenvalue weighted by Crippen LogP contribution is 2.32. The van der Waals surface area contributed by atoms with Gasteiger partial charge in [-0.1, -0.05) is 6.07 Å². The normalized spacial score (nSPS) is 19.1. The van der Waals surface area contributed by atoms with Crippen molar-refractivity contribution in [1.29, 1.82) is 0 Å². The predicted octanol–water partition coefficient (Wildman–Crippen LogP) is 0.958. The second-order valence-electron chi connectivity index (χ2n) is 4.86. The molecule has 94 valence electrons. The summed E-state index contributed by atoms with van der Waals surface area (Å²) in [5, 5.41) is 5.01. The molecule has 0 bridgehead atoms. The number of hydrogen-bond donors (Lipinski definition) is 2. The van der Waals surface area contributed by atoms with Gasteiger partial charge in [-0.05, 0) is 38.4 Å². The van der Waals surface area contributed by atoms with E-state index in [0.29, 0.717) is 6.54 Å². The summed E-state index contributed by atoms with van der Waals surface area (Å²) < 4.78 is 0. The molecule has 0 aliphatic heterocycles. The van der Waals surface area contributed by atoms with Crippen LogP contribution in [-0.4, -0.2) is 37.0 Å². The molecule has 0 saturated heterocycles. The summed E-state index contributed by atoms with van der Waals surface area (Å²) in [6.07, 6.45) is 1.62. The van der Waals surface area contributed by atoms with Crippen LogP contribution in [0.5, 0.6) is 0 Å². The minimum absolute atomic E-state index is 0.0130. The highest BCUT2D eigenvalue weighted by Gasteiger charge is 2.45. The lowest BCUT2D eigenvalue weighted by Gasteiger charge is -2.24. The van der Waals surface area contributed by atoms with Crippen molar-refractivity contribution >= 4 is 17.2 Å². The first-order valence-electron chi connectivity index (χ1n) is 5.80. The monoisotopic (exact) mass is 253 g/mol. The summed E-state index contributed by atoms with van der Waals surface area (Å²) in [5.74, 6) is -0.0130. The Kier molecular flexibility index (Phi) is 3.51. The van der Waals surface area contributed by atoms with Crippen molar-refractivity contribution in [2.45, 2.75) is 24.4 Å². The van der Waals surface area contributed by atoms with Crippen LogP contribution in [0.2, 0.25) is 0 Å². The van der Waals surface area contributed by atoms with Crippen molar-refractivity contribution in [2.24, 2.45) is 5.73 Å². The number of nitrogens with two attached hydrogens (primary N) is 1. The topological polar surface area (TPSA) is 58.4 Å². The first-order chi connectivity index (χ1) is 8.03. The zero-order chi connectivity index (χ0) is 12.5. The maximum absolute atomic E-state index is 11.8. The van der Waals surface area contributed by atoms with E-state index in [4.69, 9.17) is 5.73 Å². The van der Waals surface area contributed by atoms with Crippen LogP contribution in [0.3, 0.4) is 0 Å². The molecule has 1 aliphatic rings. The molecule has 0 spiro atoms. The van der Waals surface area contributed by atoms with Crippen LogP contribution in [0.4, 0.5) is 0 Å². The Morgan fingerprint density at radius 3 is 2.82 bits per heavy atom. The molecule has 1 unspecified atom stereocenters. The van der Waals surface area contributed by atoms with Crippen molar-refractivity contribution in [1.82, 2.24) is 10.2 Å². The number of carbonyl (C=O) groups excluding carboxylic acids is 1. The third-order valence-corrected chi connectivity index (χ3v) is 4.17. The van der Waals surface area contributed by atoms with Crippen LogP contribution in [0.1, 0.15) is 23.8 Å². The van der Waals surface area contributed by atoms with Crippen molar-refractivity contribution in [3.63, 3.8) is 0 Å². The fourth-order valence-electron chi connectivity index (χ4n) is 1.75. The third kappa shape index (κ3) is 2.86. The molecule has 17 heavy (non-hydrogen) atoms. The van der Waals surface area contributed by atoms with E-state index in [1.165, 1.54) is 4.88 Å². The van der Waals surface area contributed by atoms with Crippen molar-refractivity contribution < 1.29 is 4.79 Å². The maximum atomic E-state index is 11.8. The Morgan fingerprint density at radius 1 is 1.65 bits per heavy atom. The second-order valence-corrected chi connectivity index (χ2v) is 5.84. The van der Waals surface area contributed by atoms with Gasteiger partial charge in [-0.25, -0.2) is 0 Å². The zero-order valence-corrected chi connectivity index (χ0v) is 11.1. The minimum Gasteiger partial charge on any atom is -0.353 e. The van der Waals surface area contributed by atoms with Gasteiger partial charge in [0.15, 0.2) is 0 Å². The molecule has 0 radical (unpaired) electrons. The number of nitrogens with zero attached hydrogens (tertiary/aromatic N) is 1. The van der Waals surface area contributed by atoms with E-state index >= 15 is 0 Å². The predicted molar refractivity (Wildman–Crippen MR) is 69.9 cm³/mol. The number of hydrogen-bond acceptors (Lipinski definition) is 4. The molecule has 1 aromatic heterocycles. The highest BCUT2D eigenvalue weighted by atomic mass is 32.1. The third-order valence-electron chi connectivity index (χ3n) is 3.19. The number of carbonyl (C=O) groups is 1. The SMILES string of the molecule is CN(C)C(CNC(=O)C1(N)CC1)c1cccs1. The zero-order valence-electron chi connectivity index (χ0n) is 10.3. The number of nitrogens with one attached hydrogen (secondary N) is 1. The van der Waals surface area contributed by atoms with E-state index in [1.807, 2.05) is 20.2 Å². The van der Waals surface area contributed by atoms with E-state index in [9.17, 15) is 4.79 Å². The molecule has 1 fully saturated rings. The van der Waals surface area contributed by atoms with Crippen LogP contribution < -0.4 is 11.1 Å². The number of thiophene rings is 1. The van der Waals surface area contributed by atoms with Gasteiger partial charge in [0.2, 0.25) is 5.91 Å². The maximum Gasteiger partial charge on any atom is 0.240 e. The molecule has 2 rings (SSSR count). The van der Waals surface area contributed by atoms with Crippen LogP contribution in [0.25, 0.3) is 0 Å². The molecule has 1 amide bonds. The molecule has 5 heteroatoms. The molecule has 3 N–H and O–H groups in total. The van der Waals surface area contributed by atoms with Gasteiger partial charge in [-0.15, -0.1) is 11.3 Å². The smallest absolute Gasteiger partial charge is 0.240 e. The average molecular weight is 253 g/mol. The lowest BCUT2D eigenvalue weighted by atomic mass is 10.2. The number of rotatable bonds is 5. The van der Waals surface area contributed by atoms with Crippen LogP contribution in [0, 0.1) is 0 Å². The summed E-state index contributed by atoms with van der Waals surface area (Å²) in [6, 6.07) is 4.35.